The van der Waals surface area contributed by atoms with Gasteiger partial charge in [-0.2, -0.15) is 0 Å². The molecule has 90 valence electrons. The van der Waals surface area contributed by atoms with Crippen LogP contribution in [0.25, 0.3) is 0 Å². The predicted octanol–water partition coefficient (Wildman–Crippen LogP) is 2.92. The lowest BCUT2D eigenvalue weighted by Crippen LogP contribution is -2.24. The Bertz CT molecular complexity index is 458. The third-order valence-electron chi connectivity index (χ3n) is 2.35. The fourth-order valence-corrected chi connectivity index (χ4v) is 1.99. The van der Waals surface area contributed by atoms with Crippen molar-refractivity contribution >= 4 is 15.9 Å². The topological polar surface area (TPSA) is 51.0 Å². The van der Waals surface area contributed by atoms with Crippen LogP contribution < -0.4 is 5.32 Å². The average molecular weight is 296 g/mol. The van der Waals surface area contributed by atoms with Crippen molar-refractivity contribution < 1.29 is 4.42 Å². The fourth-order valence-electron chi connectivity index (χ4n) is 1.56. The molecule has 0 saturated heterocycles. The second-order valence-corrected chi connectivity index (χ2v) is 4.48. The molecule has 0 aliphatic rings. The first-order valence-electron chi connectivity index (χ1n) is 5.56. The molecule has 2 heterocycles. The van der Waals surface area contributed by atoms with E-state index in [1.165, 1.54) is 0 Å². The minimum Gasteiger partial charge on any atom is -0.466 e. The van der Waals surface area contributed by atoms with Crippen LogP contribution in [0.1, 0.15) is 31.0 Å². The highest BCUT2D eigenvalue weighted by atomic mass is 79.9. The van der Waals surface area contributed by atoms with Gasteiger partial charge >= 0.3 is 0 Å². The van der Waals surface area contributed by atoms with Crippen LogP contribution in [-0.4, -0.2) is 16.5 Å². The van der Waals surface area contributed by atoms with E-state index in [1.54, 1.807) is 24.7 Å². The van der Waals surface area contributed by atoms with Gasteiger partial charge in [-0.25, -0.2) is 9.97 Å². The Hall–Kier alpha value is -1.20. The zero-order valence-corrected chi connectivity index (χ0v) is 11.1. The molecule has 0 fully saturated rings. The highest BCUT2D eigenvalue weighted by Gasteiger charge is 2.21. The predicted molar refractivity (Wildman–Crippen MR) is 68.6 cm³/mol. The van der Waals surface area contributed by atoms with E-state index in [0.717, 1.165) is 29.0 Å². The van der Waals surface area contributed by atoms with E-state index in [1.807, 2.05) is 6.07 Å². The molecule has 4 nitrogen and oxygen atoms in total. The van der Waals surface area contributed by atoms with Gasteiger partial charge in [0.25, 0.3) is 0 Å². The molecule has 0 saturated carbocycles. The lowest BCUT2D eigenvalue weighted by Gasteiger charge is -2.15. The van der Waals surface area contributed by atoms with E-state index < -0.39 is 0 Å². The molecule has 0 bridgehead atoms. The van der Waals surface area contributed by atoms with E-state index in [4.69, 9.17) is 4.42 Å². The SMILES string of the molecule is CCCNC(c1ncccn1)c1occc1Br. The number of nitrogens with one attached hydrogen (secondary N) is 1. The van der Waals surface area contributed by atoms with Crippen molar-refractivity contribution in [1.82, 2.24) is 15.3 Å². The fraction of sp³-hybridized carbons (Fsp3) is 0.333. The van der Waals surface area contributed by atoms with E-state index >= 15 is 0 Å². The summed E-state index contributed by atoms with van der Waals surface area (Å²) in [5.41, 5.74) is 0. The Morgan fingerprint density at radius 3 is 2.76 bits per heavy atom. The molecule has 1 N–H and O–H groups in total. The number of hydrogen-bond donors (Lipinski definition) is 1. The van der Waals surface area contributed by atoms with Gasteiger partial charge in [0.15, 0.2) is 5.82 Å². The first-order chi connectivity index (χ1) is 8.33. The molecule has 0 aromatic carbocycles. The number of aromatic nitrogens is 2. The average Bonchev–Trinajstić information content (AvgIpc) is 2.78. The molecular weight excluding hydrogens is 282 g/mol. The number of rotatable bonds is 5. The van der Waals surface area contributed by atoms with Crippen molar-refractivity contribution in [2.24, 2.45) is 0 Å². The summed E-state index contributed by atoms with van der Waals surface area (Å²) < 4.78 is 6.42. The Morgan fingerprint density at radius 2 is 2.18 bits per heavy atom. The van der Waals surface area contributed by atoms with Crippen LogP contribution in [0.5, 0.6) is 0 Å². The second-order valence-electron chi connectivity index (χ2n) is 3.63. The van der Waals surface area contributed by atoms with Gasteiger partial charge < -0.3 is 9.73 Å². The number of hydrogen-bond acceptors (Lipinski definition) is 4. The molecule has 17 heavy (non-hydrogen) atoms. The molecule has 1 unspecified atom stereocenters. The lowest BCUT2D eigenvalue weighted by molar-refractivity contribution is 0.433. The van der Waals surface area contributed by atoms with Crippen molar-refractivity contribution in [2.45, 2.75) is 19.4 Å². The van der Waals surface area contributed by atoms with Crippen LogP contribution in [0.2, 0.25) is 0 Å². The number of nitrogens with zero attached hydrogens (tertiary/aromatic N) is 2. The highest BCUT2D eigenvalue weighted by Crippen LogP contribution is 2.27. The summed E-state index contributed by atoms with van der Waals surface area (Å²) in [5.74, 6) is 1.53. The summed E-state index contributed by atoms with van der Waals surface area (Å²) in [5, 5.41) is 3.38. The summed E-state index contributed by atoms with van der Waals surface area (Å²) in [6, 6.07) is 3.57. The van der Waals surface area contributed by atoms with Gasteiger partial charge in [-0.3, -0.25) is 0 Å². The Balaban J connectivity index is 2.29. The standard InChI is InChI=1S/C12H14BrN3O/c1-2-5-14-10(11-9(13)4-8-17-11)12-15-6-3-7-16-12/h3-4,6-8,10,14H,2,5H2,1H3. The maximum absolute atomic E-state index is 5.49. The van der Waals surface area contributed by atoms with Crippen LogP contribution in [-0.2, 0) is 0 Å². The summed E-state index contributed by atoms with van der Waals surface area (Å²) >= 11 is 3.47. The minimum absolute atomic E-state index is 0.111. The maximum Gasteiger partial charge on any atom is 0.152 e. The van der Waals surface area contributed by atoms with Gasteiger partial charge in [-0.05, 0) is 41.0 Å². The first kappa shape index (κ1) is 12.3. The minimum atomic E-state index is -0.111. The lowest BCUT2D eigenvalue weighted by atomic mass is 10.2. The van der Waals surface area contributed by atoms with E-state index in [9.17, 15) is 0 Å². The molecule has 0 spiro atoms. The van der Waals surface area contributed by atoms with Crippen LogP contribution in [0.3, 0.4) is 0 Å². The van der Waals surface area contributed by atoms with Crippen molar-refractivity contribution in [3.8, 4) is 0 Å². The van der Waals surface area contributed by atoms with Gasteiger partial charge in [0, 0.05) is 12.4 Å². The molecule has 2 aromatic heterocycles. The molecule has 2 aromatic rings. The van der Waals surface area contributed by atoms with Gasteiger partial charge in [0.1, 0.15) is 11.8 Å². The number of halogens is 1. The third kappa shape index (κ3) is 2.92. The Morgan fingerprint density at radius 1 is 1.41 bits per heavy atom. The Kier molecular flexibility index (Phi) is 4.28. The molecule has 0 aliphatic carbocycles. The molecule has 0 aliphatic heterocycles. The van der Waals surface area contributed by atoms with Crippen molar-refractivity contribution in [3.63, 3.8) is 0 Å². The smallest absolute Gasteiger partial charge is 0.152 e. The quantitative estimate of drug-likeness (QED) is 0.921. The monoisotopic (exact) mass is 295 g/mol. The van der Waals surface area contributed by atoms with E-state index in [2.05, 4.69) is 38.1 Å². The second kappa shape index (κ2) is 5.93. The van der Waals surface area contributed by atoms with E-state index in [0.29, 0.717) is 0 Å². The van der Waals surface area contributed by atoms with Crippen LogP contribution >= 0.6 is 15.9 Å². The molecule has 1 atom stereocenters. The molecule has 0 amide bonds. The molecule has 0 radical (unpaired) electrons. The Labute approximate surface area is 109 Å². The van der Waals surface area contributed by atoms with Gasteiger partial charge in [0.05, 0.1) is 10.7 Å². The summed E-state index contributed by atoms with van der Waals surface area (Å²) in [7, 11) is 0. The first-order valence-corrected chi connectivity index (χ1v) is 6.35. The normalized spacial score (nSPS) is 12.6. The van der Waals surface area contributed by atoms with Crippen LogP contribution in [0.15, 0.2) is 39.7 Å². The van der Waals surface area contributed by atoms with Crippen LogP contribution in [0.4, 0.5) is 0 Å². The van der Waals surface area contributed by atoms with Crippen LogP contribution in [0, 0.1) is 0 Å². The van der Waals surface area contributed by atoms with Crippen molar-refractivity contribution in [3.05, 3.63) is 46.8 Å². The van der Waals surface area contributed by atoms with Gasteiger partial charge in [-0.15, -0.1) is 0 Å². The third-order valence-corrected chi connectivity index (χ3v) is 3.00. The van der Waals surface area contributed by atoms with E-state index in [-0.39, 0.29) is 6.04 Å². The maximum atomic E-state index is 5.49. The zero-order chi connectivity index (χ0) is 12.1. The summed E-state index contributed by atoms with van der Waals surface area (Å²) in [4.78, 5) is 8.55. The summed E-state index contributed by atoms with van der Waals surface area (Å²) in [6.07, 6.45) is 6.17. The number of furan rings is 1. The van der Waals surface area contributed by atoms with Gasteiger partial charge in [-0.1, -0.05) is 6.92 Å². The zero-order valence-electron chi connectivity index (χ0n) is 9.56. The summed E-state index contributed by atoms with van der Waals surface area (Å²) in [6.45, 7) is 3.00. The molecule has 2 rings (SSSR count). The molecular formula is C12H14BrN3O. The largest absolute Gasteiger partial charge is 0.466 e. The highest BCUT2D eigenvalue weighted by molar-refractivity contribution is 9.10. The van der Waals surface area contributed by atoms with Crippen molar-refractivity contribution in [2.75, 3.05) is 6.54 Å². The van der Waals surface area contributed by atoms with Crippen molar-refractivity contribution in [1.29, 1.82) is 0 Å². The molecule has 5 heteroatoms. The van der Waals surface area contributed by atoms with Gasteiger partial charge in [0.2, 0.25) is 0 Å².